The summed E-state index contributed by atoms with van der Waals surface area (Å²) >= 11 is 3.51. The van der Waals surface area contributed by atoms with Crippen molar-refractivity contribution >= 4 is 21.8 Å². The molecule has 1 heterocycles. The van der Waals surface area contributed by atoms with Gasteiger partial charge in [0, 0.05) is 22.5 Å². The van der Waals surface area contributed by atoms with Gasteiger partial charge < -0.3 is 9.64 Å². The summed E-state index contributed by atoms with van der Waals surface area (Å²) in [4.78, 5) is 14.4. The molecule has 2 fully saturated rings. The number of hydrogen-bond donors (Lipinski definition) is 0. The van der Waals surface area contributed by atoms with E-state index < -0.39 is 0 Å². The maximum Gasteiger partial charge on any atom is 0.226 e. The second-order valence-electron chi connectivity index (χ2n) is 5.35. The molecule has 4 heteroatoms. The van der Waals surface area contributed by atoms with Crippen molar-refractivity contribution in [2.45, 2.75) is 31.7 Å². The van der Waals surface area contributed by atoms with Crippen molar-refractivity contribution in [1.82, 2.24) is 4.90 Å². The number of nitrogens with zero attached hydrogens (tertiary/aromatic N) is 1. The van der Waals surface area contributed by atoms with Gasteiger partial charge in [-0.25, -0.2) is 0 Å². The molecule has 1 aliphatic heterocycles. The molecule has 1 aliphatic carbocycles. The summed E-state index contributed by atoms with van der Waals surface area (Å²) < 4.78 is 6.49. The number of benzene rings is 1. The third-order valence-corrected chi connectivity index (χ3v) is 4.51. The van der Waals surface area contributed by atoms with Crippen LogP contribution in [0.25, 0.3) is 0 Å². The van der Waals surface area contributed by atoms with Gasteiger partial charge in [0.15, 0.2) is 0 Å². The smallest absolute Gasteiger partial charge is 0.226 e. The van der Waals surface area contributed by atoms with Crippen LogP contribution in [-0.2, 0) is 4.79 Å². The molecule has 0 aromatic heterocycles. The fourth-order valence-corrected chi connectivity index (χ4v) is 3.26. The SMILES string of the molecule is COc1ccc(Br)cc1[C@H]1CCCN1C(=O)C1CC1. The van der Waals surface area contributed by atoms with Crippen LogP contribution in [0.5, 0.6) is 5.75 Å². The summed E-state index contributed by atoms with van der Waals surface area (Å²) in [7, 11) is 1.69. The Morgan fingerprint density at radius 2 is 2.16 bits per heavy atom. The molecular formula is C15H18BrNO2. The first-order valence-electron chi connectivity index (χ1n) is 6.84. The van der Waals surface area contributed by atoms with Gasteiger partial charge in [-0.05, 0) is 43.9 Å². The van der Waals surface area contributed by atoms with Gasteiger partial charge in [0.25, 0.3) is 0 Å². The Hall–Kier alpha value is -1.03. The zero-order valence-corrected chi connectivity index (χ0v) is 12.6. The fourth-order valence-electron chi connectivity index (χ4n) is 2.88. The summed E-state index contributed by atoms with van der Waals surface area (Å²) in [5, 5.41) is 0. The molecule has 0 radical (unpaired) electrons. The van der Waals surface area contributed by atoms with Crippen molar-refractivity contribution in [3.8, 4) is 5.75 Å². The second kappa shape index (κ2) is 5.16. The number of amides is 1. The number of carbonyl (C=O) groups excluding carboxylic acids is 1. The van der Waals surface area contributed by atoms with E-state index in [1.54, 1.807) is 7.11 Å². The first-order chi connectivity index (χ1) is 9.20. The van der Waals surface area contributed by atoms with Crippen molar-refractivity contribution in [1.29, 1.82) is 0 Å². The van der Waals surface area contributed by atoms with Gasteiger partial charge in [-0.2, -0.15) is 0 Å². The van der Waals surface area contributed by atoms with E-state index in [2.05, 4.69) is 26.9 Å². The van der Waals surface area contributed by atoms with Crippen molar-refractivity contribution < 1.29 is 9.53 Å². The molecule has 0 unspecified atom stereocenters. The third kappa shape index (κ3) is 2.50. The van der Waals surface area contributed by atoms with E-state index >= 15 is 0 Å². The Balaban J connectivity index is 1.91. The molecule has 3 nitrogen and oxygen atoms in total. The Morgan fingerprint density at radius 3 is 2.84 bits per heavy atom. The van der Waals surface area contributed by atoms with Crippen molar-refractivity contribution in [2.75, 3.05) is 13.7 Å². The monoisotopic (exact) mass is 323 g/mol. The largest absolute Gasteiger partial charge is 0.496 e. The van der Waals surface area contributed by atoms with Gasteiger partial charge in [-0.15, -0.1) is 0 Å². The maximum atomic E-state index is 12.3. The first-order valence-corrected chi connectivity index (χ1v) is 7.64. The van der Waals surface area contributed by atoms with Crippen LogP contribution in [0.15, 0.2) is 22.7 Å². The van der Waals surface area contributed by atoms with E-state index in [9.17, 15) is 4.79 Å². The molecule has 0 N–H and O–H groups in total. The molecule has 19 heavy (non-hydrogen) atoms. The molecule has 2 aliphatic rings. The Bertz CT molecular complexity index is 499. The molecule has 1 aromatic carbocycles. The van der Waals surface area contributed by atoms with Gasteiger partial charge >= 0.3 is 0 Å². The highest BCUT2D eigenvalue weighted by Gasteiger charge is 2.39. The van der Waals surface area contributed by atoms with Crippen LogP contribution in [0.3, 0.4) is 0 Å². The Labute approximate surface area is 122 Å². The van der Waals surface area contributed by atoms with Gasteiger partial charge in [0.2, 0.25) is 5.91 Å². The predicted molar refractivity (Wildman–Crippen MR) is 77.1 cm³/mol. The number of ether oxygens (including phenoxy) is 1. The summed E-state index contributed by atoms with van der Waals surface area (Å²) in [6.07, 6.45) is 4.25. The lowest BCUT2D eigenvalue weighted by Crippen LogP contribution is -2.31. The second-order valence-corrected chi connectivity index (χ2v) is 6.27. The molecule has 1 aromatic rings. The van der Waals surface area contributed by atoms with E-state index in [1.807, 2.05) is 12.1 Å². The average molecular weight is 324 g/mol. The van der Waals surface area contributed by atoms with Crippen molar-refractivity contribution in [3.63, 3.8) is 0 Å². The minimum Gasteiger partial charge on any atom is -0.496 e. The normalized spacial score (nSPS) is 22.6. The summed E-state index contributed by atoms with van der Waals surface area (Å²) in [6.45, 7) is 0.885. The number of rotatable bonds is 3. The molecule has 1 atom stereocenters. The minimum atomic E-state index is 0.181. The van der Waals surface area contributed by atoms with Gasteiger partial charge in [0.05, 0.1) is 13.2 Å². The number of carbonyl (C=O) groups is 1. The zero-order valence-electron chi connectivity index (χ0n) is 11.1. The number of methoxy groups -OCH3 is 1. The van der Waals surface area contributed by atoms with Gasteiger partial charge in [-0.1, -0.05) is 15.9 Å². The minimum absolute atomic E-state index is 0.181. The lowest BCUT2D eigenvalue weighted by Gasteiger charge is -2.26. The van der Waals surface area contributed by atoms with E-state index in [1.165, 1.54) is 0 Å². The van der Waals surface area contributed by atoms with Crippen LogP contribution in [0.4, 0.5) is 0 Å². The van der Waals surface area contributed by atoms with E-state index in [4.69, 9.17) is 4.74 Å². The first kappa shape index (κ1) is 13.0. The molecule has 0 bridgehead atoms. The van der Waals surface area contributed by atoms with Crippen LogP contribution in [0.2, 0.25) is 0 Å². The summed E-state index contributed by atoms with van der Waals surface area (Å²) in [6, 6.07) is 6.21. The third-order valence-electron chi connectivity index (χ3n) is 4.01. The lowest BCUT2D eigenvalue weighted by atomic mass is 10.0. The topological polar surface area (TPSA) is 29.5 Å². The lowest BCUT2D eigenvalue weighted by molar-refractivity contribution is -0.133. The van der Waals surface area contributed by atoms with Crippen LogP contribution < -0.4 is 4.74 Å². The van der Waals surface area contributed by atoms with Crippen LogP contribution in [0, 0.1) is 5.92 Å². The number of likely N-dealkylation sites (tertiary alicyclic amines) is 1. The molecule has 1 saturated carbocycles. The fraction of sp³-hybridized carbons (Fsp3) is 0.533. The molecular weight excluding hydrogens is 306 g/mol. The van der Waals surface area contributed by atoms with Crippen molar-refractivity contribution in [2.24, 2.45) is 5.92 Å². The molecule has 3 rings (SSSR count). The predicted octanol–water partition coefficient (Wildman–Crippen LogP) is 3.53. The highest BCUT2D eigenvalue weighted by atomic mass is 79.9. The zero-order chi connectivity index (χ0) is 13.4. The van der Waals surface area contributed by atoms with Gasteiger partial charge in [0.1, 0.15) is 5.75 Å². The molecule has 1 amide bonds. The highest BCUT2D eigenvalue weighted by Crippen LogP contribution is 2.41. The quantitative estimate of drug-likeness (QED) is 0.851. The van der Waals surface area contributed by atoms with Crippen LogP contribution >= 0.6 is 15.9 Å². The maximum absolute atomic E-state index is 12.3. The molecule has 102 valence electrons. The summed E-state index contributed by atoms with van der Waals surface area (Å²) in [5.74, 6) is 1.51. The average Bonchev–Trinajstić information content (AvgIpc) is 3.15. The Morgan fingerprint density at radius 1 is 1.37 bits per heavy atom. The van der Waals surface area contributed by atoms with Crippen LogP contribution in [-0.4, -0.2) is 24.5 Å². The van der Waals surface area contributed by atoms with Gasteiger partial charge in [-0.3, -0.25) is 4.79 Å². The standard InChI is InChI=1S/C15H18BrNO2/c1-19-14-7-6-11(16)9-12(14)13-3-2-8-17(13)15(18)10-4-5-10/h6-7,9-10,13H,2-5,8H2,1H3/t13-/m1/s1. The summed E-state index contributed by atoms with van der Waals surface area (Å²) in [5.41, 5.74) is 1.13. The number of halogens is 1. The van der Waals surface area contributed by atoms with E-state index in [0.29, 0.717) is 11.8 Å². The van der Waals surface area contributed by atoms with Crippen LogP contribution in [0.1, 0.15) is 37.3 Å². The Kier molecular flexibility index (Phi) is 3.52. The molecule has 1 saturated heterocycles. The van der Waals surface area contributed by atoms with E-state index in [-0.39, 0.29) is 6.04 Å². The number of hydrogen-bond acceptors (Lipinski definition) is 2. The van der Waals surface area contributed by atoms with Crippen molar-refractivity contribution in [3.05, 3.63) is 28.2 Å². The van der Waals surface area contributed by atoms with E-state index in [0.717, 1.165) is 48.0 Å². The molecule has 0 spiro atoms. The highest BCUT2D eigenvalue weighted by molar-refractivity contribution is 9.10.